The fraction of sp³-hybridized carbons (Fsp3) is 0.0667. The van der Waals surface area contributed by atoms with Crippen LogP contribution in [0.5, 0.6) is 5.75 Å². The Morgan fingerprint density at radius 3 is 2.65 bits per heavy atom. The Morgan fingerprint density at radius 2 is 1.95 bits per heavy atom. The molecule has 0 aliphatic rings. The van der Waals surface area contributed by atoms with Crippen LogP contribution < -0.4 is 5.43 Å². The second kappa shape index (κ2) is 6.51. The van der Waals surface area contributed by atoms with Crippen LogP contribution in [0.2, 0.25) is 0 Å². The fourth-order valence-electron chi connectivity index (χ4n) is 1.64. The third-order valence-corrected chi connectivity index (χ3v) is 3.65. The highest BCUT2D eigenvalue weighted by molar-refractivity contribution is 14.1. The molecule has 2 aromatic carbocycles. The second-order valence-corrected chi connectivity index (χ2v) is 5.33. The molecular formula is C15H13IN2O2. The number of carbonyl (C=O) groups excluding carboxylic acids is 1. The van der Waals surface area contributed by atoms with Crippen molar-refractivity contribution < 1.29 is 9.90 Å². The summed E-state index contributed by atoms with van der Waals surface area (Å²) in [6.45, 7) is 1.77. The van der Waals surface area contributed by atoms with Gasteiger partial charge in [0.15, 0.2) is 0 Å². The van der Waals surface area contributed by atoms with Gasteiger partial charge in [0.2, 0.25) is 0 Å². The van der Waals surface area contributed by atoms with E-state index in [1.165, 1.54) is 0 Å². The number of hydrogen-bond acceptors (Lipinski definition) is 3. The van der Waals surface area contributed by atoms with Crippen LogP contribution in [0.25, 0.3) is 0 Å². The van der Waals surface area contributed by atoms with E-state index < -0.39 is 0 Å². The van der Waals surface area contributed by atoms with Crippen LogP contribution >= 0.6 is 22.6 Å². The summed E-state index contributed by atoms with van der Waals surface area (Å²) in [5.41, 5.74) is 4.49. The molecular weight excluding hydrogens is 367 g/mol. The molecule has 2 rings (SSSR count). The van der Waals surface area contributed by atoms with E-state index in [1.54, 1.807) is 31.2 Å². The fourth-order valence-corrected chi connectivity index (χ4v) is 2.27. The summed E-state index contributed by atoms with van der Waals surface area (Å²) in [5.74, 6) is -0.0875. The van der Waals surface area contributed by atoms with Crippen molar-refractivity contribution in [2.24, 2.45) is 5.10 Å². The quantitative estimate of drug-likeness (QED) is 0.488. The topological polar surface area (TPSA) is 61.7 Å². The number of rotatable bonds is 3. The minimum atomic E-state index is -0.255. The number of aromatic hydroxyl groups is 1. The van der Waals surface area contributed by atoms with Gasteiger partial charge < -0.3 is 5.11 Å². The lowest BCUT2D eigenvalue weighted by molar-refractivity contribution is 0.0954. The van der Waals surface area contributed by atoms with Gasteiger partial charge in [0.25, 0.3) is 5.91 Å². The minimum absolute atomic E-state index is 0.168. The van der Waals surface area contributed by atoms with E-state index in [-0.39, 0.29) is 11.7 Å². The number of carbonyl (C=O) groups is 1. The van der Waals surface area contributed by atoms with Crippen molar-refractivity contribution in [1.29, 1.82) is 0 Å². The van der Waals surface area contributed by atoms with Crippen molar-refractivity contribution in [2.75, 3.05) is 0 Å². The summed E-state index contributed by atoms with van der Waals surface area (Å²) < 4.78 is 0.868. The molecule has 1 amide bonds. The molecule has 2 aromatic rings. The first-order valence-corrected chi connectivity index (χ1v) is 7.04. The number of phenolic OH excluding ortho intramolecular Hbond substituents is 1. The molecule has 102 valence electrons. The highest BCUT2D eigenvalue weighted by Gasteiger charge is 2.08. The lowest BCUT2D eigenvalue weighted by atomic mass is 10.1. The van der Waals surface area contributed by atoms with Crippen LogP contribution in [0.15, 0.2) is 53.6 Å². The number of hydrogen-bond donors (Lipinski definition) is 2. The van der Waals surface area contributed by atoms with Crippen LogP contribution in [-0.4, -0.2) is 16.7 Å². The summed E-state index contributed by atoms with van der Waals surface area (Å²) >= 11 is 2.11. The summed E-state index contributed by atoms with van der Waals surface area (Å²) in [6, 6.07) is 14.0. The molecule has 0 aliphatic carbocycles. The average Bonchev–Trinajstić information content (AvgIpc) is 2.45. The predicted molar refractivity (Wildman–Crippen MR) is 86.9 cm³/mol. The first-order valence-electron chi connectivity index (χ1n) is 5.96. The molecule has 0 aromatic heterocycles. The Bertz CT molecular complexity index is 668. The third kappa shape index (κ3) is 3.57. The van der Waals surface area contributed by atoms with Crippen LogP contribution in [0.3, 0.4) is 0 Å². The van der Waals surface area contributed by atoms with Gasteiger partial charge in [-0.05, 0) is 53.8 Å². The molecule has 0 fully saturated rings. The zero-order valence-electron chi connectivity index (χ0n) is 10.8. The monoisotopic (exact) mass is 380 g/mol. The average molecular weight is 380 g/mol. The van der Waals surface area contributed by atoms with E-state index in [0.29, 0.717) is 11.3 Å². The summed E-state index contributed by atoms with van der Waals surface area (Å²) in [6.07, 6.45) is 0. The second-order valence-electron chi connectivity index (χ2n) is 4.17. The van der Waals surface area contributed by atoms with Crippen LogP contribution in [0.4, 0.5) is 0 Å². The van der Waals surface area contributed by atoms with Crippen molar-refractivity contribution in [3.05, 3.63) is 63.2 Å². The van der Waals surface area contributed by atoms with Gasteiger partial charge >= 0.3 is 0 Å². The number of phenols is 1. The standard InChI is InChI=1S/C15H13IN2O2/c1-10(11-5-4-6-12(19)9-11)17-18-15(20)13-7-2-3-8-14(13)16/h2-9,19H,1H3,(H,18,20)/b17-10-. The molecule has 0 atom stereocenters. The van der Waals surface area contributed by atoms with Crippen LogP contribution in [0, 0.1) is 3.57 Å². The molecule has 2 N–H and O–H groups in total. The molecule has 5 heteroatoms. The van der Waals surface area contributed by atoms with Gasteiger partial charge in [-0.2, -0.15) is 5.10 Å². The molecule has 4 nitrogen and oxygen atoms in total. The maximum absolute atomic E-state index is 12.0. The van der Waals surface area contributed by atoms with Crippen molar-refractivity contribution in [2.45, 2.75) is 6.92 Å². The van der Waals surface area contributed by atoms with Gasteiger partial charge in [0.1, 0.15) is 5.75 Å². The van der Waals surface area contributed by atoms with E-state index in [1.807, 2.05) is 24.3 Å². The van der Waals surface area contributed by atoms with Gasteiger partial charge in [-0.15, -0.1) is 0 Å². The van der Waals surface area contributed by atoms with Gasteiger partial charge in [-0.3, -0.25) is 4.79 Å². The number of benzene rings is 2. The van der Waals surface area contributed by atoms with Gasteiger partial charge in [-0.25, -0.2) is 5.43 Å². The van der Waals surface area contributed by atoms with Gasteiger partial charge in [0, 0.05) is 9.13 Å². The van der Waals surface area contributed by atoms with Gasteiger partial charge in [-0.1, -0.05) is 24.3 Å². The molecule has 20 heavy (non-hydrogen) atoms. The maximum Gasteiger partial charge on any atom is 0.272 e. The number of amides is 1. The van der Waals surface area contributed by atoms with Gasteiger partial charge in [0.05, 0.1) is 11.3 Å². The SMILES string of the molecule is C/C(=N/NC(=O)c1ccccc1I)c1cccc(O)c1. The zero-order chi connectivity index (χ0) is 14.5. The summed E-state index contributed by atoms with van der Waals surface area (Å²) in [7, 11) is 0. The Kier molecular flexibility index (Phi) is 4.73. The first-order chi connectivity index (χ1) is 9.58. The number of halogens is 1. The minimum Gasteiger partial charge on any atom is -0.508 e. The highest BCUT2D eigenvalue weighted by Crippen LogP contribution is 2.12. The van der Waals surface area contributed by atoms with E-state index in [4.69, 9.17) is 0 Å². The summed E-state index contributed by atoms with van der Waals surface area (Å²) in [4.78, 5) is 12.0. The van der Waals surface area contributed by atoms with E-state index in [2.05, 4.69) is 33.1 Å². The Hall–Kier alpha value is -1.89. The molecule has 0 heterocycles. The third-order valence-electron chi connectivity index (χ3n) is 2.71. The Morgan fingerprint density at radius 1 is 1.20 bits per heavy atom. The molecule has 0 spiro atoms. The smallest absolute Gasteiger partial charge is 0.272 e. The number of nitrogens with one attached hydrogen (secondary N) is 1. The lowest BCUT2D eigenvalue weighted by Gasteiger charge is -2.05. The first kappa shape index (κ1) is 14.5. The number of hydrazone groups is 1. The molecule has 0 saturated carbocycles. The van der Waals surface area contributed by atoms with Crippen molar-refractivity contribution >= 4 is 34.2 Å². The molecule has 0 unspecified atom stereocenters. The van der Waals surface area contributed by atoms with E-state index in [0.717, 1.165) is 9.13 Å². The molecule has 0 saturated heterocycles. The normalized spacial score (nSPS) is 11.2. The van der Waals surface area contributed by atoms with Crippen molar-refractivity contribution in [1.82, 2.24) is 5.43 Å². The molecule has 0 bridgehead atoms. The van der Waals surface area contributed by atoms with Crippen molar-refractivity contribution in [3.8, 4) is 5.75 Å². The van der Waals surface area contributed by atoms with Crippen LogP contribution in [0.1, 0.15) is 22.8 Å². The molecule has 0 radical (unpaired) electrons. The van der Waals surface area contributed by atoms with E-state index in [9.17, 15) is 9.90 Å². The predicted octanol–water partition coefficient (Wildman–Crippen LogP) is 3.15. The number of nitrogens with zero attached hydrogens (tertiary/aromatic N) is 1. The molecule has 0 aliphatic heterocycles. The van der Waals surface area contributed by atoms with Crippen molar-refractivity contribution in [3.63, 3.8) is 0 Å². The van der Waals surface area contributed by atoms with Crippen LogP contribution in [-0.2, 0) is 0 Å². The lowest BCUT2D eigenvalue weighted by Crippen LogP contribution is -2.20. The zero-order valence-corrected chi connectivity index (χ0v) is 13.0. The summed E-state index contributed by atoms with van der Waals surface area (Å²) in [5, 5.41) is 13.5. The highest BCUT2D eigenvalue weighted by atomic mass is 127. The maximum atomic E-state index is 12.0. The Balaban J connectivity index is 2.13. The largest absolute Gasteiger partial charge is 0.508 e. The van der Waals surface area contributed by atoms with E-state index >= 15 is 0 Å². The Labute approximate surface area is 130 Å².